The summed E-state index contributed by atoms with van der Waals surface area (Å²) in [7, 11) is 0.568. The molecule has 0 fully saturated rings. The average molecular weight is 691 g/mol. The number of hydrogen-bond donors (Lipinski definition) is 4. The summed E-state index contributed by atoms with van der Waals surface area (Å²) < 4.78 is 39.3. The van der Waals surface area contributed by atoms with Crippen LogP contribution in [-0.2, 0) is 19.6 Å². The summed E-state index contributed by atoms with van der Waals surface area (Å²) in [5.41, 5.74) is 1.61. The van der Waals surface area contributed by atoms with Gasteiger partial charge >= 0.3 is 0 Å². The zero-order chi connectivity index (χ0) is 34.8. The Morgan fingerprint density at radius 3 is 2.02 bits per heavy atom. The maximum atomic E-state index is 13.6. The molecule has 0 saturated heterocycles. The van der Waals surface area contributed by atoms with Gasteiger partial charge in [-0.05, 0) is 85.3 Å². The summed E-state index contributed by atoms with van der Waals surface area (Å²) in [6.07, 6.45) is 1.49. The first-order valence-electron chi connectivity index (χ1n) is 14.3. The predicted molar refractivity (Wildman–Crippen MR) is 185 cm³/mol. The van der Waals surface area contributed by atoms with Crippen LogP contribution in [0.1, 0.15) is 22.8 Å². The average Bonchev–Trinajstić information content (AvgIpc) is 3.07. The SMILES string of the molecule is COc1cc(/C=C(/NC(=O)c2ccccc2)C(=O)Nc2cccc(SC(C)C(=O)Nc3ccc(S(N)(=O)=O)cc3)c2)cc(OC)c1OC. The number of primary sulfonamides is 1. The lowest BCUT2D eigenvalue weighted by molar-refractivity contribution is -0.115. The molecule has 0 saturated carbocycles. The molecule has 3 amide bonds. The lowest BCUT2D eigenvalue weighted by Crippen LogP contribution is -2.30. The van der Waals surface area contributed by atoms with E-state index < -0.39 is 27.1 Å². The maximum Gasteiger partial charge on any atom is 0.272 e. The molecule has 250 valence electrons. The van der Waals surface area contributed by atoms with Crippen molar-refractivity contribution in [2.24, 2.45) is 5.14 Å². The van der Waals surface area contributed by atoms with Crippen molar-refractivity contribution in [2.75, 3.05) is 32.0 Å². The van der Waals surface area contributed by atoms with Crippen molar-refractivity contribution in [3.63, 3.8) is 0 Å². The highest BCUT2D eigenvalue weighted by Gasteiger charge is 2.19. The fraction of sp³-hybridized carbons (Fsp3) is 0.147. The van der Waals surface area contributed by atoms with Crippen molar-refractivity contribution in [3.05, 3.63) is 108 Å². The molecule has 0 radical (unpaired) electrons. The van der Waals surface area contributed by atoms with Crippen molar-refractivity contribution in [1.29, 1.82) is 0 Å². The number of sulfonamides is 1. The highest BCUT2D eigenvalue weighted by atomic mass is 32.2. The summed E-state index contributed by atoms with van der Waals surface area (Å²) in [4.78, 5) is 40.2. The van der Waals surface area contributed by atoms with E-state index in [-0.39, 0.29) is 16.5 Å². The van der Waals surface area contributed by atoms with E-state index in [0.29, 0.717) is 44.6 Å². The number of nitrogens with one attached hydrogen (secondary N) is 3. The monoisotopic (exact) mass is 690 g/mol. The van der Waals surface area contributed by atoms with Crippen molar-refractivity contribution in [1.82, 2.24) is 5.32 Å². The smallest absolute Gasteiger partial charge is 0.272 e. The van der Waals surface area contributed by atoms with E-state index in [9.17, 15) is 22.8 Å². The van der Waals surface area contributed by atoms with Crippen molar-refractivity contribution >= 4 is 57.0 Å². The molecule has 4 rings (SSSR count). The molecule has 0 aliphatic carbocycles. The molecular formula is C34H34N4O8S2. The van der Waals surface area contributed by atoms with Gasteiger partial charge in [-0.25, -0.2) is 13.6 Å². The fourth-order valence-corrected chi connectivity index (χ4v) is 5.81. The number of methoxy groups -OCH3 is 3. The van der Waals surface area contributed by atoms with Gasteiger partial charge < -0.3 is 30.2 Å². The molecule has 4 aromatic rings. The number of anilines is 2. The molecule has 14 heteroatoms. The Morgan fingerprint density at radius 1 is 0.792 bits per heavy atom. The maximum absolute atomic E-state index is 13.6. The van der Waals surface area contributed by atoms with E-state index in [1.54, 1.807) is 73.7 Å². The van der Waals surface area contributed by atoms with Gasteiger partial charge in [-0.15, -0.1) is 11.8 Å². The number of carbonyl (C=O) groups excluding carboxylic acids is 3. The minimum Gasteiger partial charge on any atom is -0.493 e. The zero-order valence-corrected chi connectivity index (χ0v) is 28.1. The lowest BCUT2D eigenvalue weighted by atomic mass is 10.1. The normalized spacial score (nSPS) is 12.0. The van der Waals surface area contributed by atoms with Gasteiger partial charge in [0.25, 0.3) is 11.8 Å². The highest BCUT2D eigenvalue weighted by Crippen LogP contribution is 2.38. The quantitative estimate of drug-likeness (QED) is 0.112. The third-order valence-corrected chi connectivity index (χ3v) is 8.77. The van der Waals surface area contributed by atoms with E-state index in [4.69, 9.17) is 19.3 Å². The van der Waals surface area contributed by atoms with Crippen LogP contribution in [-0.4, -0.2) is 52.7 Å². The van der Waals surface area contributed by atoms with Gasteiger partial charge in [0.05, 0.1) is 31.5 Å². The molecule has 0 heterocycles. The third-order valence-electron chi connectivity index (χ3n) is 6.75. The van der Waals surface area contributed by atoms with Crippen LogP contribution in [0.2, 0.25) is 0 Å². The molecule has 1 atom stereocenters. The standard InChI is InChI=1S/C34H34N4O8S2/c1-21(32(39)36-24-13-15-27(16-14-24)48(35,42)43)47-26-12-8-11-25(20-26)37-34(41)28(38-33(40)23-9-6-5-7-10-23)17-22-18-29(44-2)31(46-4)30(19-22)45-3/h5-21H,1-4H3,(H,36,39)(H,37,41)(H,38,40)(H2,35,42,43)/b28-17+. The Bertz CT molecular complexity index is 1910. The number of carbonyl (C=O) groups is 3. The summed E-state index contributed by atoms with van der Waals surface area (Å²) in [6.45, 7) is 1.71. The number of thioether (sulfide) groups is 1. The molecule has 0 aliphatic rings. The number of rotatable bonds is 13. The van der Waals surface area contributed by atoms with E-state index in [1.165, 1.54) is 63.4 Å². The lowest BCUT2D eigenvalue weighted by Gasteiger charge is -2.15. The second-order valence-corrected chi connectivity index (χ2v) is 13.1. The van der Waals surface area contributed by atoms with Crippen LogP contribution in [0.15, 0.2) is 106 Å². The minimum atomic E-state index is -3.85. The van der Waals surface area contributed by atoms with E-state index in [0.717, 1.165) is 0 Å². The molecule has 0 bridgehead atoms. The Hall–Kier alpha value is -5.31. The highest BCUT2D eigenvalue weighted by molar-refractivity contribution is 8.00. The second kappa shape index (κ2) is 16.0. The molecule has 5 N–H and O–H groups in total. The van der Waals surface area contributed by atoms with Crippen LogP contribution in [0, 0.1) is 0 Å². The number of benzene rings is 4. The number of nitrogens with two attached hydrogens (primary N) is 1. The predicted octanol–water partition coefficient (Wildman–Crippen LogP) is 4.89. The molecule has 4 aromatic carbocycles. The summed E-state index contributed by atoms with van der Waals surface area (Å²) >= 11 is 1.25. The summed E-state index contributed by atoms with van der Waals surface area (Å²) in [5.74, 6) is -0.330. The van der Waals surface area contributed by atoms with Gasteiger partial charge in [-0.1, -0.05) is 24.3 Å². The number of amides is 3. The third kappa shape index (κ3) is 9.37. The Morgan fingerprint density at radius 2 is 1.44 bits per heavy atom. The van der Waals surface area contributed by atoms with Crippen LogP contribution >= 0.6 is 11.8 Å². The van der Waals surface area contributed by atoms with Gasteiger partial charge in [0.1, 0.15) is 5.70 Å². The largest absolute Gasteiger partial charge is 0.493 e. The first-order chi connectivity index (χ1) is 22.9. The van der Waals surface area contributed by atoms with Crippen LogP contribution in [0.5, 0.6) is 17.2 Å². The number of hydrogen-bond acceptors (Lipinski definition) is 9. The van der Waals surface area contributed by atoms with Gasteiger partial charge in [-0.3, -0.25) is 14.4 Å². The van der Waals surface area contributed by atoms with Gasteiger partial charge in [-0.2, -0.15) is 0 Å². The fourth-order valence-electron chi connectivity index (χ4n) is 4.37. The van der Waals surface area contributed by atoms with Crippen LogP contribution < -0.4 is 35.3 Å². The van der Waals surface area contributed by atoms with Crippen molar-refractivity contribution < 1.29 is 37.0 Å². The Balaban J connectivity index is 1.54. The minimum absolute atomic E-state index is 0.0580. The molecule has 0 aliphatic heterocycles. The van der Waals surface area contributed by atoms with Gasteiger partial charge in [0, 0.05) is 21.8 Å². The van der Waals surface area contributed by atoms with E-state index in [1.807, 2.05) is 0 Å². The molecule has 0 aromatic heterocycles. The Kier molecular flexibility index (Phi) is 11.8. The van der Waals surface area contributed by atoms with Crippen LogP contribution in [0.3, 0.4) is 0 Å². The van der Waals surface area contributed by atoms with Crippen LogP contribution in [0.25, 0.3) is 6.08 Å². The summed E-state index contributed by atoms with van der Waals surface area (Å²) in [5, 5.41) is 12.8. The molecule has 48 heavy (non-hydrogen) atoms. The molecule has 12 nitrogen and oxygen atoms in total. The molecule has 0 spiro atoms. The van der Waals surface area contributed by atoms with E-state index >= 15 is 0 Å². The van der Waals surface area contributed by atoms with Gasteiger partial charge in [0.15, 0.2) is 11.5 Å². The number of ether oxygens (including phenoxy) is 3. The van der Waals surface area contributed by atoms with Crippen molar-refractivity contribution in [3.8, 4) is 17.2 Å². The van der Waals surface area contributed by atoms with Crippen LogP contribution in [0.4, 0.5) is 11.4 Å². The zero-order valence-electron chi connectivity index (χ0n) is 26.5. The Labute approximate surface area is 282 Å². The topological polar surface area (TPSA) is 175 Å². The second-order valence-electron chi connectivity index (χ2n) is 10.1. The molecular weight excluding hydrogens is 657 g/mol. The summed E-state index contributed by atoms with van der Waals surface area (Å²) in [6, 6.07) is 24.1. The first-order valence-corrected chi connectivity index (χ1v) is 16.7. The molecule has 1 unspecified atom stereocenters. The van der Waals surface area contributed by atoms with Crippen molar-refractivity contribution in [2.45, 2.75) is 22.0 Å². The van der Waals surface area contributed by atoms with E-state index in [2.05, 4.69) is 16.0 Å². The van der Waals surface area contributed by atoms with Gasteiger partial charge in [0.2, 0.25) is 21.7 Å². The first kappa shape index (κ1) is 35.5.